The van der Waals surface area contributed by atoms with Crippen molar-refractivity contribution in [1.82, 2.24) is 15.4 Å². The maximum atomic E-state index is 12.8. The van der Waals surface area contributed by atoms with E-state index in [4.69, 9.17) is 16.4 Å². The lowest BCUT2D eigenvalue weighted by Gasteiger charge is -2.15. The summed E-state index contributed by atoms with van der Waals surface area (Å²) in [6, 6.07) is 5.72. The second-order valence-electron chi connectivity index (χ2n) is 6.35. The highest BCUT2D eigenvalue weighted by Gasteiger charge is 2.16. The van der Waals surface area contributed by atoms with Gasteiger partial charge in [0.25, 0.3) is 5.91 Å². The highest BCUT2D eigenvalue weighted by atomic mass is 79.9. The van der Waals surface area contributed by atoms with Gasteiger partial charge in [0.1, 0.15) is 6.61 Å². The van der Waals surface area contributed by atoms with Gasteiger partial charge in [-0.15, -0.1) is 0 Å². The van der Waals surface area contributed by atoms with Gasteiger partial charge in [0, 0.05) is 34.4 Å². The maximum Gasteiger partial charge on any atom is 0.278 e. The zero-order chi connectivity index (χ0) is 21.4. The summed E-state index contributed by atoms with van der Waals surface area (Å²) in [5.74, 6) is -0.546. The number of nitrogens with one attached hydrogen (secondary N) is 3. The third-order valence-corrected chi connectivity index (χ3v) is 5.05. The monoisotopic (exact) mass is 482 g/mol. The predicted molar refractivity (Wildman–Crippen MR) is 118 cm³/mol. The molecule has 0 saturated heterocycles. The van der Waals surface area contributed by atoms with Gasteiger partial charge in [-0.3, -0.25) is 14.6 Å². The number of hydrogen-bond acceptors (Lipinski definition) is 5. The Kier molecular flexibility index (Phi) is 8.91. The molecule has 2 aromatic rings. The first-order chi connectivity index (χ1) is 13.8. The molecular formula is C20H24BrClN4O3. The van der Waals surface area contributed by atoms with Crippen LogP contribution in [0.2, 0.25) is 5.02 Å². The van der Waals surface area contributed by atoms with E-state index in [1.807, 2.05) is 32.0 Å². The summed E-state index contributed by atoms with van der Waals surface area (Å²) < 4.78 is 0.940. The summed E-state index contributed by atoms with van der Waals surface area (Å²) in [7, 11) is 0. The molecule has 4 N–H and O–H groups in total. The number of aryl methyl sites for hydroxylation is 2. The average Bonchev–Trinajstić information content (AvgIpc) is 2.75. The second kappa shape index (κ2) is 11.2. The molecular weight excluding hydrogens is 460 g/mol. The molecule has 2 rings (SSSR count). The topological polar surface area (TPSA) is 99.3 Å². The van der Waals surface area contributed by atoms with Gasteiger partial charge in [-0.1, -0.05) is 34.5 Å². The van der Waals surface area contributed by atoms with E-state index in [0.29, 0.717) is 22.8 Å². The smallest absolute Gasteiger partial charge is 0.278 e. The van der Waals surface area contributed by atoms with Crippen LogP contribution < -0.4 is 10.8 Å². The van der Waals surface area contributed by atoms with Crippen LogP contribution in [0.3, 0.4) is 0 Å². The van der Waals surface area contributed by atoms with Gasteiger partial charge >= 0.3 is 0 Å². The normalized spacial score (nSPS) is 11.5. The molecule has 9 heteroatoms. The van der Waals surface area contributed by atoms with Crippen LogP contribution >= 0.6 is 27.5 Å². The molecule has 156 valence electrons. The summed E-state index contributed by atoms with van der Waals surface area (Å²) in [5, 5.41) is 13.2. The summed E-state index contributed by atoms with van der Waals surface area (Å²) in [4.78, 5) is 25.1. The molecule has 0 fully saturated rings. The Balaban J connectivity index is 2.49. The van der Waals surface area contributed by atoms with E-state index in [9.17, 15) is 9.90 Å². The first-order valence-electron chi connectivity index (χ1n) is 9.02. The van der Waals surface area contributed by atoms with Gasteiger partial charge < -0.3 is 15.4 Å². The molecule has 29 heavy (non-hydrogen) atoms. The van der Waals surface area contributed by atoms with Crippen LogP contribution in [0.4, 0.5) is 11.4 Å². The van der Waals surface area contributed by atoms with E-state index in [-0.39, 0.29) is 12.2 Å². The Morgan fingerprint density at radius 3 is 2.86 bits per heavy atom. The van der Waals surface area contributed by atoms with Gasteiger partial charge in [0.15, 0.2) is 0 Å². The Bertz CT molecular complexity index is 919. The first kappa shape index (κ1) is 23.2. The van der Waals surface area contributed by atoms with Crippen molar-refractivity contribution in [2.45, 2.75) is 33.3 Å². The van der Waals surface area contributed by atoms with Crippen LogP contribution in [0.25, 0.3) is 0 Å². The van der Waals surface area contributed by atoms with Crippen molar-refractivity contribution < 1.29 is 14.7 Å². The Morgan fingerprint density at radius 1 is 1.41 bits per heavy atom. The fourth-order valence-corrected chi connectivity index (χ4v) is 3.01. The van der Waals surface area contributed by atoms with E-state index in [0.717, 1.165) is 15.7 Å². The summed E-state index contributed by atoms with van der Waals surface area (Å²) >= 11 is 10.0. The fourth-order valence-electron chi connectivity index (χ4n) is 2.33. The van der Waals surface area contributed by atoms with Crippen LogP contribution in [0.5, 0.6) is 0 Å². The van der Waals surface area contributed by atoms with Crippen molar-refractivity contribution in [3.8, 4) is 0 Å². The number of hydrogen-bond donors (Lipinski definition) is 4. The zero-order valence-electron chi connectivity index (χ0n) is 16.4. The van der Waals surface area contributed by atoms with Crippen molar-refractivity contribution >= 4 is 44.8 Å². The van der Waals surface area contributed by atoms with Crippen LogP contribution in [0.15, 0.2) is 41.3 Å². The molecule has 0 aliphatic carbocycles. The van der Waals surface area contributed by atoms with Crippen molar-refractivity contribution in [1.29, 1.82) is 0 Å². The van der Waals surface area contributed by atoms with Crippen molar-refractivity contribution in [2.75, 3.05) is 11.9 Å². The Labute approximate surface area is 183 Å². The van der Waals surface area contributed by atoms with Gasteiger partial charge in [0.2, 0.25) is 0 Å². The number of nitrogens with zero attached hydrogens (tertiary/aromatic N) is 1. The van der Waals surface area contributed by atoms with Gasteiger partial charge in [-0.2, -0.15) is 0 Å². The SMILES string of the molecule is CC[C@H](O)CONC(=O)c1cncc[nH]c(C)c(Cl)c1Nc1ccc(Br)cc1C. The average molecular weight is 484 g/mol. The van der Waals surface area contributed by atoms with Gasteiger partial charge in [0.05, 0.1) is 22.4 Å². The molecule has 0 unspecified atom stereocenters. The number of rotatable bonds is 7. The zero-order valence-corrected chi connectivity index (χ0v) is 18.8. The number of carbonyl (C=O) groups is 1. The lowest BCUT2D eigenvalue weighted by Crippen LogP contribution is -2.28. The third-order valence-electron chi connectivity index (χ3n) is 4.09. The number of benzene rings is 1. The number of H-pyrrole nitrogens is 1. The molecule has 1 atom stereocenters. The number of hydroxylamine groups is 1. The van der Waals surface area contributed by atoms with Crippen LogP contribution in [-0.4, -0.2) is 33.7 Å². The second-order valence-corrected chi connectivity index (χ2v) is 7.65. The van der Waals surface area contributed by atoms with Crippen LogP contribution in [0, 0.1) is 13.8 Å². The van der Waals surface area contributed by atoms with Crippen LogP contribution in [0.1, 0.15) is 35.0 Å². The summed E-state index contributed by atoms with van der Waals surface area (Å²) in [6.07, 6.45) is 4.37. The quantitative estimate of drug-likeness (QED) is 0.426. The van der Waals surface area contributed by atoms with E-state index >= 15 is 0 Å². The molecule has 0 spiro atoms. The van der Waals surface area contributed by atoms with E-state index < -0.39 is 12.0 Å². The molecule has 0 aliphatic rings. The van der Waals surface area contributed by atoms with Gasteiger partial charge in [-0.25, -0.2) is 5.48 Å². The lowest BCUT2D eigenvalue weighted by molar-refractivity contribution is -0.0133. The number of halogens is 2. The molecule has 0 radical (unpaired) electrons. The Hall–Kier alpha value is -2.13. The molecule has 0 aliphatic heterocycles. The van der Waals surface area contributed by atoms with Crippen molar-refractivity contribution in [3.63, 3.8) is 0 Å². The number of amides is 1. The van der Waals surface area contributed by atoms with Crippen LogP contribution in [-0.2, 0) is 4.84 Å². The molecule has 1 heterocycles. The highest BCUT2D eigenvalue weighted by Crippen LogP contribution is 2.31. The minimum atomic E-state index is -0.667. The number of aromatic nitrogens is 2. The maximum absolute atomic E-state index is 12.8. The molecule has 7 nitrogen and oxygen atoms in total. The minimum Gasteiger partial charge on any atom is -0.391 e. The third kappa shape index (κ3) is 6.71. The van der Waals surface area contributed by atoms with Crippen molar-refractivity contribution in [3.05, 3.63) is 63.1 Å². The van der Waals surface area contributed by atoms with E-state index in [1.54, 1.807) is 13.1 Å². The number of aliphatic hydroxyl groups is 1. The van der Waals surface area contributed by atoms with Gasteiger partial charge in [-0.05, 0) is 44.0 Å². The largest absolute Gasteiger partial charge is 0.391 e. The Morgan fingerprint density at radius 2 is 2.17 bits per heavy atom. The highest BCUT2D eigenvalue weighted by molar-refractivity contribution is 9.10. The molecule has 1 aromatic heterocycles. The molecule has 1 amide bonds. The first-order valence-corrected chi connectivity index (χ1v) is 10.2. The summed E-state index contributed by atoms with van der Waals surface area (Å²) in [6.45, 7) is 5.53. The predicted octanol–water partition coefficient (Wildman–Crippen LogP) is 4.74. The molecule has 1 aromatic carbocycles. The number of anilines is 2. The standard InChI is InChI=1S/C20H24BrClN4O3/c1-4-15(27)11-29-26-20(28)16-10-23-7-8-24-13(3)18(22)19(16)25-17-6-5-14(21)9-12(17)2/h5-10,15,24-25,27H,4,11H2,1-3H3,(H,26,28)/t15-/m0/s1. The summed E-state index contributed by atoms with van der Waals surface area (Å²) in [5.41, 5.74) is 5.26. The molecule has 0 saturated carbocycles. The van der Waals surface area contributed by atoms with E-state index in [1.165, 1.54) is 12.4 Å². The fraction of sp³-hybridized carbons (Fsp3) is 0.300. The number of carbonyl (C=O) groups excluding carboxylic acids is 1. The minimum absolute atomic E-state index is 0.0225. The van der Waals surface area contributed by atoms with Crippen molar-refractivity contribution in [2.24, 2.45) is 0 Å². The molecule has 0 bridgehead atoms. The lowest BCUT2D eigenvalue weighted by atomic mass is 10.1. The number of aliphatic hydroxyl groups excluding tert-OH is 1. The van der Waals surface area contributed by atoms with E-state index in [2.05, 4.69) is 36.7 Å². The number of aromatic amines is 1.